The van der Waals surface area contributed by atoms with Gasteiger partial charge in [0.25, 0.3) is 0 Å². The molecule has 0 saturated heterocycles. The molecule has 41 heavy (non-hydrogen) atoms. The Morgan fingerprint density at radius 1 is 0.659 bits per heavy atom. The third kappa shape index (κ3) is 16.8. The SMILES string of the molecule is CCCCOC(=O)C([CH2][Sn])C(=O)OCCCC.CCOC(=O)c1ccccc1S.CCOC(=O)c1ccccc1S. The molecule has 0 saturated carbocycles. The van der Waals surface area contributed by atoms with Gasteiger partial charge < -0.3 is 9.47 Å². The van der Waals surface area contributed by atoms with E-state index in [4.69, 9.17) is 18.9 Å². The molecule has 2 aromatic rings. The van der Waals surface area contributed by atoms with Gasteiger partial charge in [0.2, 0.25) is 0 Å². The number of benzene rings is 2. The van der Waals surface area contributed by atoms with Crippen molar-refractivity contribution < 1.29 is 38.1 Å². The number of ether oxygens (including phenoxy) is 4. The molecule has 0 unspecified atom stereocenters. The van der Waals surface area contributed by atoms with Crippen LogP contribution in [0.15, 0.2) is 58.3 Å². The van der Waals surface area contributed by atoms with Crippen molar-refractivity contribution in [1.29, 1.82) is 0 Å². The van der Waals surface area contributed by atoms with Crippen molar-refractivity contribution in [2.75, 3.05) is 26.4 Å². The summed E-state index contributed by atoms with van der Waals surface area (Å²) in [6.07, 6.45) is 3.61. The zero-order chi connectivity index (χ0) is 31.0. The predicted molar refractivity (Wildman–Crippen MR) is 165 cm³/mol. The fourth-order valence-corrected chi connectivity index (χ4v) is 4.26. The van der Waals surface area contributed by atoms with Crippen LogP contribution in [0.25, 0.3) is 0 Å². The second kappa shape index (κ2) is 24.4. The van der Waals surface area contributed by atoms with Crippen LogP contribution in [0.4, 0.5) is 0 Å². The molecule has 0 aliphatic heterocycles. The fraction of sp³-hybridized carbons (Fsp3) is 0.467. The Labute approximate surface area is 268 Å². The summed E-state index contributed by atoms with van der Waals surface area (Å²) in [5, 5.41) is 0. The normalized spacial score (nSPS) is 9.85. The Bertz CT molecular complexity index is 983. The molecule has 0 amide bonds. The first-order valence-electron chi connectivity index (χ1n) is 13.6. The second-order valence-electron chi connectivity index (χ2n) is 8.27. The predicted octanol–water partition coefficient (Wildman–Crippen LogP) is 6.18. The van der Waals surface area contributed by atoms with E-state index in [1.807, 2.05) is 26.0 Å². The molecule has 0 aromatic heterocycles. The number of unbranched alkanes of at least 4 members (excludes halogenated alkanes) is 2. The molecule has 8 nitrogen and oxygen atoms in total. The van der Waals surface area contributed by atoms with E-state index >= 15 is 0 Å². The molecular weight excluding hydrogens is 671 g/mol. The largest absolute Gasteiger partial charge is 0.462 e. The smallest absolute Gasteiger partial charge is 0.339 e. The van der Waals surface area contributed by atoms with Gasteiger partial charge in [0.05, 0.1) is 24.3 Å². The van der Waals surface area contributed by atoms with E-state index in [9.17, 15) is 19.2 Å². The number of hydrogen-bond acceptors (Lipinski definition) is 10. The van der Waals surface area contributed by atoms with Crippen molar-refractivity contribution in [3.63, 3.8) is 0 Å². The fourth-order valence-electron chi connectivity index (χ4n) is 2.81. The van der Waals surface area contributed by atoms with E-state index in [1.54, 1.807) is 50.2 Å². The quantitative estimate of drug-likeness (QED) is 0.0634. The first kappa shape index (κ1) is 38.8. The van der Waals surface area contributed by atoms with E-state index in [0.29, 0.717) is 51.8 Å². The van der Waals surface area contributed by atoms with Gasteiger partial charge in [-0.3, -0.25) is 0 Å². The maximum atomic E-state index is 11.6. The number of carbonyl (C=O) groups excluding carboxylic acids is 4. The van der Waals surface area contributed by atoms with Gasteiger partial charge in [0.15, 0.2) is 0 Å². The van der Waals surface area contributed by atoms with E-state index in [0.717, 1.165) is 48.2 Å². The molecule has 0 N–H and O–H groups in total. The van der Waals surface area contributed by atoms with E-state index < -0.39 is 17.9 Å². The maximum absolute atomic E-state index is 11.6. The van der Waals surface area contributed by atoms with Crippen molar-refractivity contribution in [3.05, 3.63) is 59.7 Å². The van der Waals surface area contributed by atoms with Crippen LogP contribution >= 0.6 is 25.3 Å². The van der Waals surface area contributed by atoms with Crippen LogP contribution in [0, 0.1) is 5.92 Å². The molecule has 2 aromatic carbocycles. The monoisotopic (exact) mass is 713 g/mol. The minimum atomic E-state index is -0.720. The van der Waals surface area contributed by atoms with Crippen molar-refractivity contribution >= 4 is 71.7 Å². The molecule has 3 radical (unpaired) electrons. The molecule has 0 fully saturated rings. The summed E-state index contributed by atoms with van der Waals surface area (Å²) >= 11 is 9.40. The summed E-state index contributed by atoms with van der Waals surface area (Å²) in [5.41, 5.74) is 1.03. The Kier molecular flexibility index (Phi) is 23.1. The summed E-state index contributed by atoms with van der Waals surface area (Å²) < 4.78 is 20.2. The van der Waals surface area contributed by atoms with Crippen molar-refractivity contribution in [3.8, 4) is 0 Å². The molecule has 225 valence electrons. The van der Waals surface area contributed by atoms with Crippen LogP contribution < -0.4 is 0 Å². The van der Waals surface area contributed by atoms with Gasteiger partial charge in [0, 0.05) is 9.79 Å². The van der Waals surface area contributed by atoms with Gasteiger partial charge in [-0.05, 0) is 38.1 Å². The first-order chi connectivity index (χ1) is 19.7. The molecule has 0 aliphatic rings. The zero-order valence-electron chi connectivity index (χ0n) is 24.2. The molecular formula is C30H41O8S2Sn. The van der Waals surface area contributed by atoms with Crippen LogP contribution in [0.2, 0.25) is 4.44 Å². The minimum Gasteiger partial charge on any atom is -0.462 e. The summed E-state index contributed by atoms with van der Waals surface area (Å²) in [4.78, 5) is 46.9. The summed E-state index contributed by atoms with van der Waals surface area (Å²) in [6.45, 7) is 9.16. The maximum Gasteiger partial charge on any atom is 0.339 e. The standard InChI is InChI=1S/C12H21O4.2C9H10O2S.Sn/c1-4-6-8-15-11(13)10(3)12(14)16-9-7-5-2;2*1-2-11-9(10)7-5-3-4-6-8(7)12;/h10H,3-9H2,1-2H3;2*3-6,12H,2H2,1H3;. The third-order valence-corrected chi connectivity index (χ3v) is 7.00. The third-order valence-electron chi connectivity index (χ3n) is 5.06. The Balaban J connectivity index is 0.000000598. The topological polar surface area (TPSA) is 105 Å². The number of hydrogen-bond donors (Lipinski definition) is 2. The number of esters is 4. The minimum absolute atomic E-state index is 0.317. The molecule has 0 bridgehead atoms. The van der Waals surface area contributed by atoms with Crippen LogP contribution in [0.5, 0.6) is 0 Å². The average Bonchev–Trinajstić information content (AvgIpc) is 2.95. The Hall–Kier alpha value is -2.18. The molecule has 11 heteroatoms. The van der Waals surface area contributed by atoms with Crippen LogP contribution in [0.3, 0.4) is 0 Å². The van der Waals surface area contributed by atoms with Crippen LogP contribution in [0.1, 0.15) is 74.1 Å². The summed E-state index contributed by atoms with van der Waals surface area (Å²) in [5.74, 6) is -2.22. The van der Waals surface area contributed by atoms with Gasteiger partial charge in [0.1, 0.15) is 0 Å². The van der Waals surface area contributed by atoms with Gasteiger partial charge in [-0.1, -0.05) is 24.3 Å². The van der Waals surface area contributed by atoms with Gasteiger partial charge in [-0.15, -0.1) is 25.3 Å². The van der Waals surface area contributed by atoms with Crippen molar-refractivity contribution in [2.45, 2.75) is 67.6 Å². The number of thiol groups is 2. The zero-order valence-corrected chi connectivity index (χ0v) is 28.9. The first-order valence-corrected chi connectivity index (χ1v) is 16.5. The average molecular weight is 712 g/mol. The molecule has 0 heterocycles. The molecule has 0 atom stereocenters. The van der Waals surface area contributed by atoms with Crippen LogP contribution in [-0.2, 0) is 28.5 Å². The molecule has 0 aliphatic carbocycles. The van der Waals surface area contributed by atoms with Gasteiger partial charge in [-0.2, -0.15) is 0 Å². The number of rotatable bonds is 13. The molecule has 2 rings (SSSR count). The van der Waals surface area contributed by atoms with Crippen molar-refractivity contribution in [2.24, 2.45) is 5.92 Å². The summed E-state index contributed by atoms with van der Waals surface area (Å²) in [7, 11) is 0. The Morgan fingerprint density at radius 2 is 1.02 bits per heavy atom. The number of carbonyl (C=O) groups is 4. The van der Waals surface area contributed by atoms with E-state index in [1.165, 1.54) is 0 Å². The summed E-state index contributed by atoms with van der Waals surface area (Å²) in [6, 6.07) is 14.1. The second-order valence-corrected chi connectivity index (χ2v) is 10.4. The molecule has 0 spiro atoms. The van der Waals surface area contributed by atoms with Gasteiger partial charge in [-0.25, -0.2) is 9.59 Å². The Morgan fingerprint density at radius 3 is 1.32 bits per heavy atom. The van der Waals surface area contributed by atoms with Gasteiger partial charge >= 0.3 is 129 Å². The van der Waals surface area contributed by atoms with Crippen LogP contribution in [-0.4, -0.2) is 72.8 Å². The van der Waals surface area contributed by atoms with E-state index in [2.05, 4.69) is 25.3 Å². The van der Waals surface area contributed by atoms with E-state index in [-0.39, 0.29) is 11.9 Å². The van der Waals surface area contributed by atoms with Crippen molar-refractivity contribution in [1.82, 2.24) is 0 Å².